The smallest absolute Gasteiger partial charge is 0.223 e. The van der Waals surface area contributed by atoms with Crippen molar-refractivity contribution in [1.82, 2.24) is 9.47 Å². The number of hydrogen-bond donors (Lipinski definition) is 0. The van der Waals surface area contributed by atoms with E-state index >= 15 is 0 Å². The van der Waals surface area contributed by atoms with Crippen LogP contribution in [0.2, 0.25) is 0 Å². The van der Waals surface area contributed by atoms with Gasteiger partial charge in [-0.1, -0.05) is 45.9 Å². The Morgan fingerprint density at radius 3 is 2.62 bits per heavy atom. The van der Waals surface area contributed by atoms with Gasteiger partial charge < -0.3 is 9.47 Å². The van der Waals surface area contributed by atoms with Crippen molar-refractivity contribution in [2.75, 3.05) is 6.54 Å². The van der Waals surface area contributed by atoms with Gasteiger partial charge in [-0.3, -0.25) is 4.79 Å². The third-order valence-electron chi connectivity index (χ3n) is 5.04. The molecule has 0 N–H and O–H groups in total. The largest absolute Gasteiger partial charge is 0.348 e. The predicted molar refractivity (Wildman–Crippen MR) is 102 cm³/mol. The Labute approximate surface area is 155 Å². The molecule has 1 amide bonds. The van der Waals surface area contributed by atoms with Crippen molar-refractivity contribution in [3.05, 3.63) is 59.7 Å². The van der Waals surface area contributed by atoms with Gasteiger partial charge in [-0.2, -0.15) is 0 Å². The first-order valence-electron chi connectivity index (χ1n) is 9.45. The highest BCUT2D eigenvalue weighted by Crippen LogP contribution is 2.35. The molecule has 1 aliphatic heterocycles. The second-order valence-corrected chi connectivity index (χ2v) is 8.71. The highest BCUT2D eigenvalue weighted by molar-refractivity contribution is 5.77. The molecular weight excluding hydrogens is 327 g/mol. The van der Waals surface area contributed by atoms with Crippen LogP contribution in [0.5, 0.6) is 0 Å². The van der Waals surface area contributed by atoms with E-state index < -0.39 is 0 Å². The fourth-order valence-corrected chi connectivity index (χ4v) is 4.21. The van der Waals surface area contributed by atoms with Crippen molar-refractivity contribution >= 4 is 5.91 Å². The lowest BCUT2D eigenvalue weighted by Crippen LogP contribution is -2.43. The van der Waals surface area contributed by atoms with Gasteiger partial charge in [0.15, 0.2) is 0 Å². The van der Waals surface area contributed by atoms with Crippen LogP contribution < -0.4 is 0 Å². The Balaban J connectivity index is 1.88. The molecule has 2 aromatic rings. The van der Waals surface area contributed by atoms with Gasteiger partial charge in [0.2, 0.25) is 5.91 Å². The number of amides is 1. The zero-order chi connectivity index (χ0) is 18.9. The van der Waals surface area contributed by atoms with Crippen LogP contribution in [0.4, 0.5) is 4.39 Å². The van der Waals surface area contributed by atoms with Crippen LogP contribution in [-0.2, 0) is 11.3 Å². The Hall–Kier alpha value is -2.10. The SMILES string of the molecule is CC(CC(=O)N1CCn2cccc2C1c1ccccc1F)CC(C)(C)C. The first kappa shape index (κ1) is 18.7. The molecule has 0 radical (unpaired) electrons. The first-order valence-corrected chi connectivity index (χ1v) is 9.45. The van der Waals surface area contributed by atoms with Gasteiger partial charge in [-0.15, -0.1) is 0 Å². The Kier molecular flexibility index (Phi) is 5.22. The quantitative estimate of drug-likeness (QED) is 0.755. The van der Waals surface area contributed by atoms with E-state index in [1.165, 1.54) is 6.07 Å². The van der Waals surface area contributed by atoms with Gasteiger partial charge >= 0.3 is 0 Å². The summed E-state index contributed by atoms with van der Waals surface area (Å²) in [5.74, 6) is 0.160. The molecule has 140 valence electrons. The lowest BCUT2D eigenvalue weighted by molar-refractivity contribution is -0.135. The van der Waals surface area contributed by atoms with Gasteiger partial charge in [0.25, 0.3) is 0 Å². The number of benzene rings is 1. The number of rotatable bonds is 4. The van der Waals surface area contributed by atoms with Crippen molar-refractivity contribution in [1.29, 1.82) is 0 Å². The summed E-state index contributed by atoms with van der Waals surface area (Å²) in [7, 11) is 0. The van der Waals surface area contributed by atoms with E-state index in [2.05, 4.69) is 32.3 Å². The zero-order valence-electron chi connectivity index (χ0n) is 16.2. The number of fused-ring (bicyclic) bond motifs is 1. The molecule has 3 nitrogen and oxygen atoms in total. The number of aromatic nitrogens is 1. The molecule has 1 aromatic carbocycles. The predicted octanol–water partition coefficient (Wildman–Crippen LogP) is 5.02. The summed E-state index contributed by atoms with van der Waals surface area (Å²) < 4.78 is 16.7. The number of nitrogens with zero attached hydrogens (tertiary/aromatic N) is 2. The van der Waals surface area contributed by atoms with Gasteiger partial charge in [0.1, 0.15) is 11.9 Å². The minimum absolute atomic E-state index is 0.113. The summed E-state index contributed by atoms with van der Waals surface area (Å²) in [5.41, 5.74) is 1.75. The first-order chi connectivity index (χ1) is 12.3. The summed E-state index contributed by atoms with van der Waals surface area (Å²) in [6.45, 7) is 10.1. The maximum absolute atomic E-state index is 14.5. The van der Waals surface area contributed by atoms with Crippen molar-refractivity contribution in [2.24, 2.45) is 11.3 Å². The molecule has 3 rings (SSSR count). The molecular formula is C22H29FN2O. The summed E-state index contributed by atoms with van der Waals surface area (Å²) in [5, 5.41) is 0. The molecule has 2 atom stereocenters. The van der Waals surface area contributed by atoms with E-state index in [1.54, 1.807) is 12.1 Å². The van der Waals surface area contributed by atoms with E-state index in [4.69, 9.17) is 0 Å². The second kappa shape index (κ2) is 7.26. The van der Waals surface area contributed by atoms with Crippen LogP contribution in [0.15, 0.2) is 42.6 Å². The number of carbonyl (C=O) groups excluding carboxylic acids is 1. The standard InChI is InChI=1S/C22H29FN2O/c1-16(15-22(2,3)4)14-20(26)25-13-12-24-11-7-10-19(24)21(25)17-8-5-6-9-18(17)23/h5-11,16,21H,12-15H2,1-4H3. The molecule has 2 heterocycles. The van der Waals surface area contributed by atoms with E-state index in [0.717, 1.165) is 18.7 Å². The Morgan fingerprint density at radius 1 is 1.19 bits per heavy atom. The Morgan fingerprint density at radius 2 is 1.92 bits per heavy atom. The van der Waals surface area contributed by atoms with Gasteiger partial charge in [0.05, 0.1) is 0 Å². The monoisotopic (exact) mass is 356 g/mol. The molecule has 0 fully saturated rings. The van der Waals surface area contributed by atoms with Gasteiger partial charge in [0, 0.05) is 37.0 Å². The zero-order valence-corrected chi connectivity index (χ0v) is 16.2. The normalized spacial score (nSPS) is 18.5. The molecule has 0 spiro atoms. The van der Waals surface area contributed by atoms with Crippen molar-refractivity contribution in [2.45, 2.75) is 53.1 Å². The second-order valence-electron chi connectivity index (χ2n) is 8.71. The molecule has 0 aliphatic carbocycles. The highest BCUT2D eigenvalue weighted by atomic mass is 19.1. The van der Waals surface area contributed by atoms with Crippen LogP contribution in [0.25, 0.3) is 0 Å². The minimum Gasteiger partial charge on any atom is -0.348 e. The third kappa shape index (κ3) is 4.00. The van der Waals surface area contributed by atoms with E-state index in [-0.39, 0.29) is 23.2 Å². The minimum atomic E-state index is -0.353. The summed E-state index contributed by atoms with van der Waals surface area (Å²) >= 11 is 0. The third-order valence-corrected chi connectivity index (χ3v) is 5.04. The molecule has 26 heavy (non-hydrogen) atoms. The van der Waals surface area contributed by atoms with Crippen molar-refractivity contribution < 1.29 is 9.18 Å². The fourth-order valence-electron chi connectivity index (χ4n) is 4.21. The van der Waals surface area contributed by atoms with Crippen LogP contribution in [0.1, 0.15) is 57.8 Å². The lowest BCUT2D eigenvalue weighted by Gasteiger charge is -2.38. The van der Waals surface area contributed by atoms with E-state index in [0.29, 0.717) is 24.4 Å². The fraction of sp³-hybridized carbons (Fsp3) is 0.500. The lowest BCUT2D eigenvalue weighted by atomic mass is 9.84. The van der Waals surface area contributed by atoms with Gasteiger partial charge in [-0.05, 0) is 36.0 Å². The van der Waals surface area contributed by atoms with Crippen LogP contribution in [-0.4, -0.2) is 21.9 Å². The van der Waals surface area contributed by atoms with Gasteiger partial charge in [-0.25, -0.2) is 4.39 Å². The summed E-state index contributed by atoms with van der Waals surface area (Å²) in [6.07, 6.45) is 3.50. The average molecular weight is 356 g/mol. The van der Waals surface area contributed by atoms with Crippen LogP contribution in [0.3, 0.4) is 0 Å². The molecule has 0 bridgehead atoms. The van der Waals surface area contributed by atoms with Crippen molar-refractivity contribution in [3.63, 3.8) is 0 Å². The van der Waals surface area contributed by atoms with Crippen LogP contribution >= 0.6 is 0 Å². The average Bonchev–Trinajstić information content (AvgIpc) is 3.01. The highest BCUT2D eigenvalue weighted by Gasteiger charge is 2.34. The molecule has 1 aliphatic rings. The number of halogens is 1. The topological polar surface area (TPSA) is 25.2 Å². The van der Waals surface area contributed by atoms with E-state index in [9.17, 15) is 9.18 Å². The molecule has 2 unspecified atom stereocenters. The summed E-state index contributed by atoms with van der Waals surface area (Å²) in [6, 6.07) is 10.4. The summed E-state index contributed by atoms with van der Waals surface area (Å²) in [4.78, 5) is 15.0. The molecule has 1 aromatic heterocycles. The maximum atomic E-state index is 14.5. The van der Waals surface area contributed by atoms with Crippen molar-refractivity contribution in [3.8, 4) is 0 Å². The molecule has 0 saturated heterocycles. The van der Waals surface area contributed by atoms with E-state index in [1.807, 2.05) is 29.3 Å². The Bertz CT molecular complexity index is 774. The number of carbonyl (C=O) groups is 1. The molecule has 0 saturated carbocycles. The van der Waals surface area contributed by atoms with Crippen LogP contribution in [0, 0.1) is 17.2 Å². The molecule has 4 heteroatoms. The maximum Gasteiger partial charge on any atom is 0.223 e. The number of hydrogen-bond acceptors (Lipinski definition) is 1.